The van der Waals surface area contributed by atoms with Gasteiger partial charge >= 0.3 is 0 Å². The number of aromatic nitrogens is 2. The molecule has 1 aromatic heterocycles. The van der Waals surface area contributed by atoms with Crippen molar-refractivity contribution in [1.29, 1.82) is 0 Å². The molecule has 1 heterocycles. The molecule has 0 saturated heterocycles. The van der Waals surface area contributed by atoms with E-state index in [1.807, 2.05) is 0 Å². The summed E-state index contributed by atoms with van der Waals surface area (Å²) in [5.41, 5.74) is 0. The zero-order chi connectivity index (χ0) is 12.5. The van der Waals surface area contributed by atoms with Crippen LogP contribution >= 0.6 is 27.5 Å². The molecule has 3 nitrogen and oxygen atoms in total. The average Bonchev–Trinajstić information content (AvgIpc) is 2.32. The molecule has 0 aromatic carbocycles. The van der Waals surface area contributed by atoms with Gasteiger partial charge in [-0.15, -0.1) is 0 Å². The second-order valence-corrected chi connectivity index (χ2v) is 5.22. The molecule has 17 heavy (non-hydrogen) atoms. The monoisotopic (exact) mass is 319 g/mol. The van der Waals surface area contributed by atoms with Gasteiger partial charge in [0.05, 0.1) is 4.47 Å². The number of rotatable bonds is 8. The zero-order valence-electron chi connectivity index (χ0n) is 10.2. The lowest BCUT2D eigenvalue weighted by molar-refractivity contribution is 0.616. The van der Waals surface area contributed by atoms with Crippen molar-refractivity contribution in [2.45, 2.75) is 45.4 Å². The van der Waals surface area contributed by atoms with E-state index in [0.717, 1.165) is 23.3 Å². The Hall–Kier alpha value is -0.350. The van der Waals surface area contributed by atoms with Crippen LogP contribution in [0.4, 0.5) is 5.82 Å². The van der Waals surface area contributed by atoms with Crippen molar-refractivity contribution in [3.05, 3.63) is 16.0 Å². The number of nitrogens with zero attached hydrogens (tertiary/aromatic N) is 2. The van der Waals surface area contributed by atoms with Gasteiger partial charge in [0.2, 0.25) is 5.28 Å². The average molecular weight is 321 g/mol. The summed E-state index contributed by atoms with van der Waals surface area (Å²) < 4.78 is 0.855. The summed E-state index contributed by atoms with van der Waals surface area (Å²) in [6, 6.07) is 0. The van der Waals surface area contributed by atoms with Crippen LogP contribution in [0, 0.1) is 0 Å². The fourth-order valence-corrected chi connectivity index (χ4v) is 2.05. The first-order chi connectivity index (χ1) is 8.24. The standard InChI is InChI=1S/C12H19BrClN3/c1-2-3-4-5-6-7-8-15-11-10(13)9-16-12(14)17-11/h9H,2-8H2,1H3,(H,15,16,17). The molecule has 0 amide bonds. The van der Waals surface area contributed by atoms with E-state index in [1.54, 1.807) is 6.20 Å². The molecule has 1 N–H and O–H groups in total. The summed E-state index contributed by atoms with van der Waals surface area (Å²) in [7, 11) is 0. The third-order valence-electron chi connectivity index (χ3n) is 2.54. The van der Waals surface area contributed by atoms with E-state index in [9.17, 15) is 0 Å². The van der Waals surface area contributed by atoms with E-state index in [4.69, 9.17) is 11.6 Å². The van der Waals surface area contributed by atoms with E-state index in [1.165, 1.54) is 32.1 Å². The van der Waals surface area contributed by atoms with Gasteiger partial charge in [-0.05, 0) is 34.0 Å². The van der Waals surface area contributed by atoms with Crippen molar-refractivity contribution in [2.24, 2.45) is 0 Å². The molecule has 5 heteroatoms. The minimum absolute atomic E-state index is 0.277. The molecule has 0 aliphatic carbocycles. The van der Waals surface area contributed by atoms with Crippen LogP contribution in [-0.4, -0.2) is 16.5 Å². The van der Waals surface area contributed by atoms with Crippen LogP contribution in [0.3, 0.4) is 0 Å². The quantitative estimate of drug-likeness (QED) is 0.559. The molecule has 0 spiro atoms. The molecule has 0 radical (unpaired) electrons. The first-order valence-electron chi connectivity index (χ1n) is 6.16. The molecule has 0 unspecified atom stereocenters. The Balaban J connectivity index is 2.15. The summed E-state index contributed by atoms with van der Waals surface area (Å²) in [5, 5.41) is 3.54. The summed E-state index contributed by atoms with van der Waals surface area (Å²) in [5.74, 6) is 0.776. The van der Waals surface area contributed by atoms with Crippen LogP contribution < -0.4 is 5.32 Å². The SMILES string of the molecule is CCCCCCCCNc1nc(Cl)ncc1Br. The normalized spacial score (nSPS) is 10.5. The Bertz CT molecular complexity index is 334. The number of hydrogen-bond acceptors (Lipinski definition) is 3. The Labute approximate surface area is 117 Å². The van der Waals surface area contributed by atoms with Gasteiger partial charge in [-0.1, -0.05) is 39.0 Å². The first kappa shape index (κ1) is 14.7. The first-order valence-corrected chi connectivity index (χ1v) is 7.33. The Kier molecular flexibility index (Phi) is 7.53. The van der Waals surface area contributed by atoms with Crippen molar-refractivity contribution < 1.29 is 0 Å². The molecular formula is C12H19BrClN3. The van der Waals surface area contributed by atoms with E-state index in [0.29, 0.717) is 0 Å². The van der Waals surface area contributed by atoms with Gasteiger partial charge in [0, 0.05) is 12.7 Å². The van der Waals surface area contributed by atoms with Gasteiger partial charge in [0.25, 0.3) is 0 Å². The third-order valence-corrected chi connectivity index (χ3v) is 3.30. The van der Waals surface area contributed by atoms with Crippen molar-refractivity contribution in [1.82, 2.24) is 9.97 Å². The van der Waals surface area contributed by atoms with Gasteiger partial charge in [-0.3, -0.25) is 0 Å². The predicted octanol–water partition coefficient (Wildman–Crippen LogP) is 4.66. The molecule has 1 rings (SSSR count). The maximum absolute atomic E-state index is 5.73. The molecule has 1 aromatic rings. The van der Waals surface area contributed by atoms with Gasteiger partial charge < -0.3 is 5.32 Å². The number of hydrogen-bond donors (Lipinski definition) is 1. The molecule has 0 fully saturated rings. The van der Waals surface area contributed by atoms with Crippen LogP contribution in [-0.2, 0) is 0 Å². The topological polar surface area (TPSA) is 37.8 Å². The lowest BCUT2D eigenvalue weighted by Gasteiger charge is -2.07. The summed E-state index contributed by atoms with van der Waals surface area (Å²) >= 11 is 9.12. The van der Waals surface area contributed by atoms with Crippen molar-refractivity contribution in [3.63, 3.8) is 0 Å². The van der Waals surface area contributed by atoms with Crippen LogP contribution in [0.15, 0.2) is 10.7 Å². The largest absolute Gasteiger partial charge is 0.369 e. The van der Waals surface area contributed by atoms with Crippen LogP contribution in [0.2, 0.25) is 5.28 Å². The van der Waals surface area contributed by atoms with Crippen LogP contribution in [0.25, 0.3) is 0 Å². The van der Waals surface area contributed by atoms with E-state index < -0.39 is 0 Å². The van der Waals surface area contributed by atoms with Crippen molar-refractivity contribution >= 4 is 33.3 Å². The fraction of sp³-hybridized carbons (Fsp3) is 0.667. The van der Waals surface area contributed by atoms with E-state index in [2.05, 4.69) is 38.1 Å². The number of anilines is 1. The highest BCUT2D eigenvalue weighted by molar-refractivity contribution is 9.10. The lowest BCUT2D eigenvalue weighted by Crippen LogP contribution is -2.04. The molecule has 96 valence electrons. The van der Waals surface area contributed by atoms with E-state index in [-0.39, 0.29) is 5.28 Å². The van der Waals surface area contributed by atoms with Crippen LogP contribution in [0.5, 0.6) is 0 Å². The number of unbranched alkanes of at least 4 members (excludes halogenated alkanes) is 5. The molecular weight excluding hydrogens is 302 g/mol. The maximum atomic E-state index is 5.73. The molecule has 0 aliphatic rings. The Morgan fingerprint density at radius 1 is 1.24 bits per heavy atom. The highest BCUT2D eigenvalue weighted by atomic mass is 79.9. The second-order valence-electron chi connectivity index (χ2n) is 4.03. The lowest BCUT2D eigenvalue weighted by atomic mass is 10.1. The van der Waals surface area contributed by atoms with Crippen molar-refractivity contribution in [2.75, 3.05) is 11.9 Å². The van der Waals surface area contributed by atoms with Gasteiger partial charge in [-0.25, -0.2) is 4.98 Å². The van der Waals surface area contributed by atoms with Crippen molar-refractivity contribution in [3.8, 4) is 0 Å². The minimum atomic E-state index is 0.277. The summed E-state index contributed by atoms with van der Waals surface area (Å²) in [6.45, 7) is 3.16. The fourth-order valence-electron chi connectivity index (χ4n) is 1.58. The summed E-state index contributed by atoms with van der Waals surface area (Å²) in [4.78, 5) is 8.00. The Morgan fingerprint density at radius 2 is 1.94 bits per heavy atom. The number of halogens is 2. The molecule has 0 atom stereocenters. The second kappa shape index (κ2) is 8.70. The van der Waals surface area contributed by atoms with Gasteiger partial charge in [0.15, 0.2) is 0 Å². The third kappa shape index (κ3) is 6.22. The van der Waals surface area contributed by atoms with E-state index >= 15 is 0 Å². The number of nitrogens with one attached hydrogen (secondary N) is 1. The molecule has 0 bridgehead atoms. The zero-order valence-corrected chi connectivity index (χ0v) is 12.5. The Morgan fingerprint density at radius 3 is 2.71 bits per heavy atom. The van der Waals surface area contributed by atoms with Crippen LogP contribution in [0.1, 0.15) is 45.4 Å². The van der Waals surface area contributed by atoms with Gasteiger partial charge in [0.1, 0.15) is 5.82 Å². The molecule has 0 aliphatic heterocycles. The minimum Gasteiger partial charge on any atom is -0.369 e. The molecule has 0 saturated carbocycles. The maximum Gasteiger partial charge on any atom is 0.224 e. The highest BCUT2D eigenvalue weighted by Crippen LogP contribution is 2.20. The summed E-state index contributed by atoms with van der Waals surface area (Å²) in [6.07, 6.45) is 9.41. The predicted molar refractivity (Wildman–Crippen MR) is 76.6 cm³/mol. The highest BCUT2D eigenvalue weighted by Gasteiger charge is 2.02. The smallest absolute Gasteiger partial charge is 0.224 e. The van der Waals surface area contributed by atoms with Gasteiger partial charge in [-0.2, -0.15) is 4.98 Å².